The normalized spacial score (nSPS) is 11.4. The highest BCUT2D eigenvalue weighted by Gasteiger charge is 2.20. The lowest BCUT2D eigenvalue weighted by Crippen LogP contribution is -2.18. The molecule has 6 nitrogen and oxygen atoms in total. The van der Waals surface area contributed by atoms with Crippen LogP contribution in [0.2, 0.25) is 0 Å². The number of nitro groups is 1. The topological polar surface area (TPSA) is 80.5 Å². The van der Waals surface area contributed by atoms with Gasteiger partial charge >= 0.3 is 0 Å². The average molecular weight is 340 g/mol. The largest absolute Gasteiger partial charge is 0.368 e. The first kappa shape index (κ1) is 16.4. The highest BCUT2D eigenvalue weighted by atomic mass is 32.2. The summed E-state index contributed by atoms with van der Waals surface area (Å²) in [5.74, 6) is 0. The summed E-state index contributed by atoms with van der Waals surface area (Å²) in [4.78, 5) is 14.3. The summed E-state index contributed by atoms with van der Waals surface area (Å²) in [5, 5.41) is 10.9. The SMILES string of the molecule is Cc1ccc(CN(C)c2ccc([N+](=O)[O-])cc2S(C)(=O)=O)s1. The Labute approximate surface area is 133 Å². The van der Waals surface area contributed by atoms with Crippen molar-refractivity contribution in [3.05, 3.63) is 50.2 Å². The maximum absolute atomic E-state index is 11.9. The molecule has 2 rings (SSSR count). The van der Waals surface area contributed by atoms with Crippen molar-refractivity contribution in [1.82, 2.24) is 0 Å². The number of benzene rings is 1. The zero-order chi connectivity index (χ0) is 16.5. The maximum atomic E-state index is 11.9. The van der Waals surface area contributed by atoms with Crippen LogP contribution in [0.1, 0.15) is 9.75 Å². The molecule has 0 saturated heterocycles. The van der Waals surface area contributed by atoms with Gasteiger partial charge < -0.3 is 4.90 Å². The molecular weight excluding hydrogens is 324 g/mol. The summed E-state index contributed by atoms with van der Waals surface area (Å²) >= 11 is 1.63. The molecule has 0 saturated carbocycles. The first-order valence-electron chi connectivity index (χ1n) is 6.43. The number of aryl methyl sites for hydroxylation is 1. The highest BCUT2D eigenvalue weighted by molar-refractivity contribution is 7.90. The van der Waals surface area contributed by atoms with Gasteiger partial charge in [0.25, 0.3) is 5.69 Å². The monoisotopic (exact) mass is 340 g/mol. The lowest BCUT2D eigenvalue weighted by molar-refractivity contribution is -0.385. The van der Waals surface area contributed by atoms with E-state index in [0.717, 1.165) is 17.2 Å². The minimum Gasteiger partial charge on any atom is -0.368 e. The van der Waals surface area contributed by atoms with Crippen LogP contribution in [0, 0.1) is 17.0 Å². The first-order valence-corrected chi connectivity index (χ1v) is 9.14. The number of rotatable bonds is 5. The van der Waals surface area contributed by atoms with Gasteiger partial charge in [-0.15, -0.1) is 11.3 Å². The summed E-state index contributed by atoms with van der Waals surface area (Å²) in [7, 11) is -1.80. The number of hydrogen-bond acceptors (Lipinski definition) is 6. The van der Waals surface area contributed by atoms with E-state index < -0.39 is 14.8 Å². The molecule has 0 spiro atoms. The molecule has 0 atom stereocenters. The summed E-state index contributed by atoms with van der Waals surface area (Å²) in [6.07, 6.45) is 1.05. The highest BCUT2D eigenvalue weighted by Crippen LogP contribution is 2.30. The first-order chi connectivity index (χ1) is 10.2. The molecule has 0 aliphatic heterocycles. The Kier molecular flexibility index (Phi) is 4.52. The summed E-state index contributed by atoms with van der Waals surface area (Å²) in [6.45, 7) is 2.54. The number of sulfone groups is 1. The number of non-ortho nitro benzene ring substituents is 1. The molecule has 22 heavy (non-hydrogen) atoms. The van der Waals surface area contributed by atoms with E-state index in [1.54, 1.807) is 23.3 Å². The van der Waals surface area contributed by atoms with Gasteiger partial charge in [-0.25, -0.2) is 8.42 Å². The van der Waals surface area contributed by atoms with Gasteiger partial charge in [-0.1, -0.05) is 0 Å². The Bertz CT molecular complexity index is 812. The molecule has 0 fully saturated rings. The Balaban J connectivity index is 2.43. The molecule has 0 N–H and O–H groups in total. The lowest BCUT2D eigenvalue weighted by Gasteiger charge is -2.21. The average Bonchev–Trinajstić information content (AvgIpc) is 2.82. The van der Waals surface area contributed by atoms with Crippen molar-refractivity contribution in [2.75, 3.05) is 18.2 Å². The van der Waals surface area contributed by atoms with Crippen LogP contribution in [0.25, 0.3) is 0 Å². The maximum Gasteiger partial charge on any atom is 0.270 e. The van der Waals surface area contributed by atoms with Crippen molar-refractivity contribution >= 4 is 32.5 Å². The minimum absolute atomic E-state index is 0.0301. The third-order valence-electron chi connectivity index (χ3n) is 3.15. The summed E-state index contributed by atoms with van der Waals surface area (Å²) in [5.41, 5.74) is 0.226. The molecule has 0 bridgehead atoms. The molecule has 1 aromatic carbocycles. The number of nitro benzene ring substituents is 1. The molecule has 118 valence electrons. The Morgan fingerprint density at radius 3 is 2.45 bits per heavy atom. The van der Waals surface area contributed by atoms with Crippen LogP contribution in [0.3, 0.4) is 0 Å². The Morgan fingerprint density at radius 2 is 1.95 bits per heavy atom. The van der Waals surface area contributed by atoms with Gasteiger partial charge in [0, 0.05) is 35.2 Å². The third-order valence-corrected chi connectivity index (χ3v) is 5.27. The number of hydrogen-bond donors (Lipinski definition) is 0. The third kappa shape index (κ3) is 3.63. The van der Waals surface area contributed by atoms with E-state index in [2.05, 4.69) is 0 Å². The van der Waals surface area contributed by atoms with Crippen molar-refractivity contribution in [2.45, 2.75) is 18.4 Å². The summed E-state index contributed by atoms with van der Waals surface area (Å²) < 4.78 is 23.9. The van der Waals surface area contributed by atoms with Gasteiger partial charge in [0.1, 0.15) is 0 Å². The summed E-state index contributed by atoms with van der Waals surface area (Å²) in [6, 6.07) is 7.90. The molecular formula is C14H16N2O4S2. The van der Waals surface area contributed by atoms with E-state index in [1.807, 2.05) is 19.1 Å². The Hall–Kier alpha value is -1.93. The second-order valence-electron chi connectivity index (χ2n) is 5.05. The van der Waals surface area contributed by atoms with Gasteiger partial charge in [-0.05, 0) is 25.1 Å². The molecule has 1 heterocycles. The zero-order valence-corrected chi connectivity index (χ0v) is 14.1. The number of anilines is 1. The van der Waals surface area contributed by atoms with Gasteiger partial charge in [0.15, 0.2) is 9.84 Å². The molecule has 1 aromatic heterocycles. The van der Waals surface area contributed by atoms with Crippen LogP contribution < -0.4 is 4.90 Å². The van der Waals surface area contributed by atoms with Crippen LogP contribution in [-0.2, 0) is 16.4 Å². The fourth-order valence-corrected chi connectivity index (χ4v) is 4.00. The fraction of sp³-hybridized carbons (Fsp3) is 0.286. The van der Waals surface area contributed by atoms with Crippen molar-refractivity contribution < 1.29 is 13.3 Å². The van der Waals surface area contributed by atoms with Crippen molar-refractivity contribution in [2.24, 2.45) is 0 Å². The van der Waals surface area contributed by atoms with Gasteiger partial charge in [-0.2, -0.15) is 0 Å². The van der Waals surface area contributed by atoms with Crippen LogP contribution in [0.15, 0.2) is 35.2 Å². The van der Waals surface area contributed by atoms with Crippen LogP contribution in [0.5, 0.6) is 0 Å². The van der Waals surface area contributed by atoms with Crippen LogP contribution in [0.4, 0.5) is 11.4 Å². The van der Waals surface area contributed by atoms with Crippen molar-refractivity contribution in [3.8, 4) is 0 Å². The number of thiophene rings is 1. The van der Waals surface area contributed by atoms with E-state index in [0.29, 0.717) is 12.2 Å². The molecule has 0 radical (unpaired) electrons. The van der Waals surface area contributed by atoms with Gasteiger partial charge in [-0.3, -0.25) is 10.1 Å². The molecule has 0 unspecified atom stereocenters. The predicted octanol–water partition coefficient (Wildman–Crippen LogP) is 3.00. The van der Waals surface area contributed by atoms with E-state index in [4.69, 9.17) is 0 Å². The van der Waals surface area contributed by atoms with Crippen LogP contribution >= 0.6 is 11.3 Å². The second-order valence-corrected chi connectivity index (χ2v) is 8.41. The number of nitrogens with zero attached hydrogens (tertiary/aromatic N) is 2. The smallest absolute Gasteiger partial charge is 0.270 e. The quantitative estimate of drug-likeness (QED) is 0.617. The molecule has 0 amide bonds. The fourth-order valence-electron chi connectivity index (χ4n) is 2.12. The predicted molar refractivity (Wildman–Crippen MR) is 87.4 cm³/mol. The van der Waals surface area contributed by atoms with E-state index in [1.165, 1.54) is 17.0 Å². The van der Waals surface area contributed by atoms with Gasteiger partial charge in [0.05, 0.1) is 22.1 Å². The lowest BCUT2D eigenvalue weighted by atomic mass is 10.2. The van der Waals surface area contributed by atoms with Crippen molar-refractivity contribution in [1.29, 1.82) is 0 Å². The minimum atomic E-state index is -3.56. The molecule has 0 aliphatic rings. The van der Waals surface area contributed by atoms with Gasteiger partial charge in [0.2, 0.25) is 0 Å². The van der Waals surface area contributed by atoms with E-state index >= 15 is 0 Å². The van der Waals surface area contributed by atoms with E-state index in [9.17, 15) is 18.5 Å². The van der Waals surface area contributed by atoms with Crippen LogP contribution in [-0.4, -0.2) is 26.6 Å². The molecule has 8 heteroatoms. The standard InChI is InChI=1S/C14H16N2O4S2/c1-10-4-6-12(21-10)9-15(2)13-7-5-11(16(17)18)8-14(13)22(3,19)20/h4-8H,9H2,1-3H3. The van der Waals surface area contributed by atoms with Crippen molar-refractivity contribution in [3.63, 3.8) is 0 Å². The zero-order valence-electron chi connectivity index (χ0n) is 12.4. The van der Waals surface area contributed by atoms with E-state index in [-0.39, 0.29) is 10.6 Å². The Morgan fingerprint density at radius 1 is 1.27 bits per heavy atom. The second kappa shape index (κ2) is 6.05. The molecule has 2 aromatic rings. The molecule has 0 aliphatic carbocycles.